The summed E-state index contributed by atoms with van der Waals surface area (Å²) in [6.45, 7) is 6.66. The van der Waals surface area contributed by atoms with Gasteiger partial charge in [0.1, 0.15) is 30.1 Å². The number of rotatable bonds is 10. The van der Waals surface area contributed by atoms with E-state index in [4.69, 9.17) is 19.4 Å². The summed E-state index contributed by atoms with van der Waals surface area (Å²) >= 11 is 0. The van der Waals surface area contributed by atoms with Crippen molar-refractivity contribution in [2.45, 2.75) is 25.5 Å². The molecular formula is C26H38N6O5S. The van der Waals surface area contributed by atoms with E-state index in [0.717, 1.165) is 48.9 Å². The minimum absolute atomic E-state index is 0.180. The molecule has 208 valence electrons. The zero-order valence-electron chi connectivity index (χ0n) is 22.3. The fraction of sp³-hybridized carbons (Fsp3) is 0.615. The van der Waals surface area contributed by atoms with Gasteiger partial charge in [0.15, 0.2) is 5.82 Å². The SMILES string of the molecule is CNCC(O)COc1cccc(-c2nc(N[C@@H]3CCOC3)c(C)c(N3CC4CN(S(C)(=O)=O)CC4C3)n2)c1. The van der Waals surface area contributed by atoms with Crippen LogP contribution < -0.4 is 20.3 Å². The summed E-state index contributed by atoms with van der Waals surface area (Å²) < 4.78 is 37.1. The molecule has 3 N–H and O–H groups in total. The third-order valence-corrected chi connectivity index (χ3v) is 8.82. The number of aliphatic hydroxyl groups excluding tert-OH is 1. The first-order chi connectivity index (χ1) is 18.2. The van der Waals surface area contributed by atoms with E-state index in [-0.39, 0.29) is 24.5 Å². The molecule has 0 spiro atoms. The van der Waals surface area contributed by atoms with Crippen LogP contribution in [0.4, 0.5) is 11.6 Å². The van der Waals surface area contributed by atoms with Gasteiger partial charge in [-0.1, -0.05) is 12.1 Å². The summed E-state index contributed by atoms with van der Waals surface area (Å²) in [5.41, 5.74) is 1.79. The van der Waals surface area contributed by atoms with Crippen LogP contribution >= 0.6 is 0 Å². The van der Waals surface area contributed by atoms with E-state index in [9.17, 15) is 13.5 Å². The molecule has 3 aliphatic heterocycles. The Bertz CT molecular complexity index is 1220. The minimum atomic E-state index is -3.18. The molecule has 11 nitrogen and oxygen atoms in total. The summed E-state index contributed by atoms with van der Waals surface area (Å²) in [6.07, 6.45) is 1.60. The first-order valence-corrected chi connectivity index (χ1v) is 15.0. The highest BCUT2D eigenvalue weighted by Crippen LogP contribution is 2.37. The molecule has 4 heterocycles. The largest absolute Gasteiger partial charge is 0.491 e. The van der Waals surface area contributed by atoms with Crippen molar-refractivity contribution in [1.82, 2.24) is 19.6 Å². The molecule has 4 atom stereocenters. The Kier molecular flexibility index (Phi) is 8.06. The molecule has 0 bridgehead atoms. The number of hydrogen-bond donors (Lipinski definition) is 3. The lowest BCUT2D eigenvalue weighted by Gasteiger charge is -2.25. The van der Waals surface area contributed by atoms with Crippen molar-refractivity contribution in [2.24, 2.45) is 11.8 Å². The Morgan fingerprint density at radius 2 is 1.97 bits per heavy atom. The van der Waals surface area contributed by atoms with Crippen LogP contribution in [0.5, 0.6) is 5.75 Å². The van der Waals surface area contributed by atoms with Crippen LogP contribution in [0.25, 0.3) is 11.4 Å². The van der Waals surface area contributed by atoms with Crippen molar-refractivity contribution < 1.29 is 23.0 Å². The normalized spacial score (nSPS) is 24.5. The Labute approximate surface area is 224 Å². The van der Waals surface area contributed by atoms with Crippen molar-refractivity contribution >= 4 is 21.7 Å². The Hall–Kier alpha value is -2.51. The van der Waals surface area contributed by atoms with Crippen molar-refractivity contribution in [3.63, 3.8) is 0 Å². The molecule has 0 aliphatic carbocycles. The maximum Gasteiger partial charge on any atom is 0.211 e. The summed E-state index contributed by atoms with van der Waals surface area (Å²) in [5.74, 6) is 3.44. The van der Waals surface area contributed by atoms with Gasteiger partial charge in [0.25, 0.3) is 0 Å². The number of sulfonamides is 1. The average Bonchev–Trinajstić information content (AvgIpc) is 3.61. The monoisotopic (exact) mass is 546 g/mol. The van der Waals surface area contributed by atoms with Gasteiger partial charge in [-0.15, -0.1) is 0 Å². The number of fused-ring (bicyclic) bond motifs is 1. The Morgan fingerprint density at radius 3 is 2.63 bits per heavy atom. The maximum atomic E-state index is 12.1. The number of nitrogens with one attached hydrogen (secondary N) is 2. The minimum Gasteiger partial charge on any atom is -0.491 e. The van der Waals surface area contributed by atoms with E-state index in [1.54, 1.807) is 11.4 Å². The van der Waals surface area contributed by atoms with Crippen LogP contribution in [0.2, 0.25) is 0 Å². The van der Waals surface area contributed by atoms with Crippen LogP contribution in [0.1, 0.15) is 12.0 Å². The predicted octanol–water partition coefficient (Wildman–Crippen LogP) is 0.940. The molecule has 0 radical (unpaired) electrons. The van der Waals surface area contributed by atoms with Crippen LogP contribution in [0.15, 0.2) is 24.3 Å². The van der Waals surface area contributed by atoms with E-state index >= 15 is 0 Å². The number of likely N-dealkylation sites (N-methyl/N-ethyl adjacent to an activating group) is 1. The quantitative estimate of drug-likeness (QED) is 0.396. The number of aromatic nitrogens is 2. The number of benzene rings is 1. The van der Waals surface area contributed by atoms with Gasteiger partial charge < -0.3 is 30.1 Å². The zero-order valence-corrected chi connectivity index (χ0v) is 23.1. The molecular weight excluding hydrogens is 508 g/mol. The summed E-state index contributed by atoms with van der Waals surface area (Å²) in [6, 6.07) is 7.79. The van der Waals surface area contributed by atoms with Gasteiger partial charge in [-0.25, -0.2) is 22.7 Å². The third kappa shape index (κ3) is 6.04. The molecule has 3 saturated heterocycles. The first kappa shape index (κ1) is 27.1. The van der Waals surface area contributed by atoms with E-state index < -0.39 is 16.1 Å². The van der Waals surface area contributed by atoms with Crippen molar-refractivity contribution in [3.8, 4) is 17.1 Å². The van der Waals surface area contributed by atoms with Gasteiger partial charge in [-0.2, -0.15) is 0 Å². The molecule has 0 saturated carbocycles. The molecule has 1 aromatic carbocycles. The predicted molar refractivity (Wildman–Crippen MR) is 146 cm³/mol. The average molecular weight is 547 g/mol. The van der Waals surface area contributed by atoms with Crippen LogP contribution in [-0.2, 0) is 14.8 Å². The molecule has 5 rings (SSSR count). The summed E-state index contributed by atoms with van der Waals surface area (Å²) in [5, 5.41) is 16.5. The van der Waals surface area contributed by atoms with Gasteiger partial charge >= 0.3 is 0 Å². The van der Waals surface area contributed by atoms with Crippen LogP contribution in [-0.4, -0.2) is 106 Å². The number of aliphatic hydroxyl groups is 1. The molecule has 1 aromatic heterocycles. The van der Waals surface area contributed by atoms with Gasteiger partial charge in [0.2, 0.25) is 10.0 Å². The van der Waals surface area contributed by atoms with E-state index in [2.05, 4.69) is 15.5 Å². The van der Waals surface area contributed by atoms with Crippen LogP contribution in [0, 0.1) is 18.8 Å². The molecule has 3 aliphatic rings. The number of anilines is 2. The molecule has 2 aromatic rings. The Balaban J connectivity index is 1.42. The highest BCUT2D eigenvalue weighted by Gasteiger charge is 2.43. The molecule has 3 fully saturated rings. The number of nitrogens with zero attached hydrogens (tertiary/aromatic N) is 4. The molecule has 3 unspecified atom stereocenters. The molecule has 38 heavy (non-hydrogen) atoms. The fourth-order valence-corrected chi connectivity index (χ4v) is 6.45. The highest BCUT2D eigenvalue weighted by atomic mass is 32.2. The number of hydrogen-bond acceptors (Lipinski definition) is 10. The van der Waals surface area contributed by atoms with E-state index in [0.29, 0.717) is 37.8 Å². The standard InChI is InChI=1S/C26H38N6O5S/c1-17-24(28-21-7-8-36-15-21)29-25(18-5-4-6-23(9-18)37-16-22(33)10-27-2)30-26(17)31-11-19-13-32(38(3,34)35)14-20(19)12-31/h4-6,9,19-22,27,33H,7-8,10-16H2,1-3H3,(H,28,29,30)/t19?,20?,21-,22?/m1/s1. The van der Waals surface area contributed by atoms with Gasteiger partial charge in [-0.05, 0) is 44.4 Å². The Morgan fingerprint density at radius 1 is 1.21 bits per heavy atom. The van der Waals surface area contributed by atoms with E-state index in [1.807, 2.05) is 31.2 Å². The van der Waals surface area contributed by atoms with E-state index in [1.165, 1.54) is 6.26 Å². The smallest absolute Gasteiger partial charge is 0.211 e. The van der Waals surface area contributed by atoms with Crippen LogP contribution in [0.3, 0.4) is 0 Å². The van der Waals surface area contributed by atoms with Crippen molar-refractivity contribution in [3.05, 3.63) is 29.8 Å². The second kappa shape index (κ2) is 11.3. The van der Waals surface area contributed by atoms with Crippen molar-refractivity contribution in [2.75, 3.05) is 76.1 Å². The van der Waals surface area contributed by atoms with Gasteiger partial charge in [-0.3, -0.25) is 0 Å². The zero-order chi connectivity index (χ0) is 26.9. The summed E-state index contributed by atoms with van der Waals surface area (Å²) in [4.78, 5) is 12.2. The van der Waals surface area contributed by atoms with Gasteiger partial charge in [0, 0.05) is 50.5 Å². The second-order valence-electron chi connectivity index (χ2n) is 10.6. The van der Waals surface area contributed by atoms with Crippen molar-refractivity contribution in [1.29, 1.82) is 0 Å². The topological polar surface area (TPSA) is 129 Å². The fourth-order valence-electron chi connectivity index (χ4n) is 5.53. The lowest BCUT2D eigenvalue weighted by atomic mass is 10.0. The highest BCUT2D eigenvalue weighted by molar-refractivity contribution is 7.88. The first-order valence-electron chi connectivity index (χ1n) is 13.2. The lowest BCUT2D eigenvalue weighted by Crippen LogP contribution is -2.33. The molecule has 0 amide bonds. The lowest BCUT2D eigenvalue weighted by molar-refractivity contribution is 0.108. The maximum absolute atomic E-state index is 12.1. The number of ether oxygens (including phenoxy) is 2. The molecule has 12 heteroatoms. The second-order valence-corrected chi connectivity index (χ2v) is 12.6. The van der Waals surface area contributed by atoms with Gasteiger partial charge in [0.05, 0.1) is 18.9 Å². The third-order valence-electron chi connectivity index (χ3n) is 7.59. The summed E-state index contributed by atoms with van der Waals surface area (Å²) in [7, 11) is -1.39.